The van der Waals surface area contributed by atoms with Crippen LogP contribution in [0, 0.1) is 17.1 Å². The summed E-state index contributed by atoms with van der Waals surface area (Å²) in [6.07, 6.45) is 0. The summed E-state index contributed by atoms with van der Waals surface area (Å²) in [6, 6.07) is 4.22. The number of nitrogens with zero attached hydrogens (tertiary/aromatic N) is 1. The summed E-state index contributed by atoms with van der Waals surface area (Å²) < 4.78 is 14.1. The van der Waals surface area contributed by atoms with Gasteiger partial charge in [0.05, 0.1) is 15.7 Å². The Labute approximate surface area is 126 Å². The monoisotopic (exact) mass is 341 g/mol. The van der Waals surface area contributed by atoms with Gasteiger partial charge < -0.3 is 10.6 Å². The van der Waals surface area contributed by atoms with Crippen LogP contribution in [0.5, 0.6) is 0 Å². The summed E-state index contributed by atoms with van der Waals surface area (Å²) in [4.78, 5) is 11.9. The number of halogens is 2. The highest BCUT2D eigenvalue weighted by Gasteiger charge is 2.20. The van der Waals surface area contributed by atoms with E-state index in [1.165, 1.54) is 12.1 Å². The molecule has 0 fully saturated rings. The molecule has 108 valence electrons. The zero-order valence-corrected chi connectivity index (χ0v) is 13.4. The minimum absolute atomic E-state index is 0.0911. The van der Waals surface area contributed by atoms with Gasteiger partial charge in [-0.15, -0.1) is 0 Å². The first-order chi connectivity index (χ1) is 9.15. The van der Waals surface area contributed by atoms with Crippen molar-refractivity contribution < 1.29 is 9.18 Å². The van der Waals surface area contributed by atoms with Gasteiger partial charge in [0.1, 0.15) is 12.1 Å². The van der Waals surface area contributed by atoms with E-state index in [9.17, 15) is 9.18 Å². The molecule has 20 heavy (non-hydrogen) atoms. The van der Waals surface area contributed by atoms with Crippen molar-refractivity contribution in [2.24, 2.45) is 0 Å². The molecule has 0 heterocycles. The van der Waals surface area contributed by atoms with Crippen molar-refractivity contribution in [2.45, 2.75) is 39.3 Å². The zero-order chi connectivity index (χ0) is 15.5. The number of nitrogens with one attached hydrogen (secondary N) is 2. The van der Waals surface area contributed by atoms with Gasteiger partial charge in [0.2, 0.25) is 5.91 Å². The molecule has 1 rings (SSSR count). The molecule has 4 nitrogen and oxygen atoms in total. The topological polar surface area (TPSA) is 64.9 Å². The lowest BCUT2D eigenvalue weighted by Crippen LogP contribution is -2.47. The summed E-state index contributed by atoms with van der Waals surface area (Å²) in [5.74, 6) is -0.808. The lowest BCUT2D eigenvalue weighted by molar-refractivity contribution is -0.122. The van der Waals surface area contributed by atoms with E-state index in [2.05, 4.69) is 26.6 Å². The predicted octanol–water partition coefficient (Wildman–Crippen LogP) is 3.17. The molecule has 0 bridgehead atoms. The van der Waals surface area contributed by atoms with Crippen LogP contribution >= 0.6 is 15.9 Å². The number of amides is 1. The molecular formula is C14H17BrFN3O. The highest BCUT2D eigenvalue weighted by Crippen LogP contribution is 2.27. The molecule has 1 unspecified atom stereocenters. The van der Waals surface area contributed by atoms with E-state index in [1.807, 2.05) is 26.8 Å². The first-order valence-corrected chi connectivity index (χ1v) is 6.91. The number of carbonyl (C=O) groups is 1. The van der Waals surface area contributed by atoms with Gasteiger partial charge in [0.15, 0.2) is 5.82 Å². The van der Waals surface area contributed by atoms with Crippen LogP contribution in [0.1, 0.15) is 33.3 Å². The van der Waals surface area contributed by atoms with Crippen LogP contribution in [-0.2, 0) is 4.79 Å². The standard InChI is InChI=1S/C14H17BrFN3O/c1-8(13(20)19-14(2,3)4)18-10-6-5-9(7-17)11(15)12(10)16/h5-6,8,18H,1-4H3,(H,19,20). The third kappa shape index (κ3) is 4.20. The maximum Gasteiger partial charge on any atom is 0.242 e. The Hall–Kier alpha value is -1.61. The molecule has 0 saturated heterocycles. The Morgan fingerprint density at radius 2 is 2.05 bits per heavy atom. The van der Waals surface area contributed by atoms with Gasteiger partial charge in [-0.1, -0.05) is 0 Å². The van der Waals surface area contributed by atoms with Gasteiger partial charge in [-0.3, -0.25) is 4.79 Å². The second-order valence-electron chi connectivity index (χ2n) is 5.51. The van der Waals surface area contributed by atoms with E-state index in [0.717, 1.165) is 0 Å². The smallest absolute Gasteiger partial charge is 0.242 e. The Balaban J connectivity index is 2.87. The molecule has 0 radical (unpaired) electrons. The van der Waals surface area contributed by atoms with E-state index >= 15 is 0 Å². The second kappa shape index (κ2) is 6.23. The fourth-order valence-corrected chi connectivity index (χ4v) is 1.96. The summed E-state index contributed by atoms with van der Waals surface area (Å²) in [7, 11) is 0. The molecule has 1 aromatic rings. The van der Waals surface area contributed by atoms with Crippen molar-refractivity contribution in [1.29, 1.82) is 5.26 Å². The van der Waals surface area contributed by atoms with E-state index in [4.69, 9.17) is 5.26 Å². The Bertz CT molecular complexity index is 561. The fourth-order valence-electron chi connectivity index (χ4n) is 1.52. The predicted molar refractivity (Wildman–Crippen MR) is 79.8 cm³/mol. The molecule has 1 amide bonds. The maximum atomic E-state index is 14.0. The molecule has 0 aromatic heterocycles. The largest absolute Gasteiger partial charge is 0.371 e. The fraction of sp³-hybridized carbons (Fsp3) is 0.429. The van der Waals surface area contributed by atoms with Crippen molar-refractivity contribution >= 4 is 27.5 Å². The van der Waals surface area contributed by atoms with E-state index in [1.54, 1.807) is 6.92 Å². The molecular weight excluding hydrogens is 325 g/mol. The van der Waals surface area contributed by atoms with Gasteiger partial charge in [0, 0.05) is 5.54 Å². The van der Waals surface area contributed by atoms with Crippen molar-refractivity contribution in [2.75, 3.05) is 5.32 Å². The minimum Gasteiger partial charge on any atom is -0.371 e. The average molecular weight is 342 g/mol. The molecule has 0 spiro atoms. The van der Waals surface area contributed by atoms with Crippen molar-refractivity contribution in [3.05, 3.63) is 28.0 Å². The third-order valence-electron chi connectivity index (χ3n) is 2.47. The highest BCUT2D eigenvalue weighted by atomic mass is 79.9. The molecule has 6 heteroatoms. The number of benzene rings is 1. The molecule has 0 aliphatic rings. The first-order valence-electron chi connectivity index (χ1n) is 6.12. The van der Waals surface area contributed by atoms with Crippen LogP contribution in [0.15, 0.2) is 16.6 Å². The molecule has 1 atom stereocenters. The number of hydrogen-bond donors (Lipinski definition) is 2. The van der Waals surface area contributed by atoms with Gasteiger partial charge in [-0.25, -0.2) is 4.39 Å². The number of rotatable bonds is 3. The lowest BCUT2D eigenvalue weighted by atomic mass is 10.1. The maximum absolute atomic E-state index is 14.0. The summed E-state index contributed by atoms with van der Waals surface area (Å²) in [5.41, 5.74) is 0.0314. The Kier molecular flexibility index (Phi) is 5.12. The molecule has 0 aliphatic carbocycles. The van der Waals surface area contributed by atoms with E-state index in [0.29, 0.717) is 0 Å². The normalized spacial score (nSPS) is 12.4. The minimum atomic E-state index is -0.594. The second-order valence-corrected chi connectivity index (χ2v) is 6.30. The Morgan fingerprint density at radius 1 is 1.45 bits per heavy atom. The SMILES string of the molecule is CC(Nc1ccc(C#N)c(Br)c1F)C(=O)NC(C)(C)C. The van der Waals surface area contributed by atoms with Crippen LogP contribution in [0.4, 0.5) is 10.1 Å². The zero-order valence-electron chi connectivity index (χ0n) is 11.8. The van der Waals surface area contributed by atoms with Gasteiger partial charge in [0.25, 0.3) is 0 Å². The summed E-state index contributed by atoms with van der Waals surface area (Å²) in [5, 5.41) is 14.4. The van der Waals surface area contributed by atoms with Gasteiger partial charge >= 0.3 is 0 Å². The molecule has 1 aromatic carbocycles. The van der Waals surface area contributed by atoms with Gasteiger partial charge in [-0.2, -0.15) is 5.26 Å². The number of nitriles is 1. The van der Waals surface area contributed by atoms with Crippen molar-refractivity contribution in [1.82, 2.24) is 5.32 Å². The number of anilines is 1. The van der Waals surface area contributed by atoms with Crippen LogP contribution in [-0.4, -0.2) is 17.5 Å². The average Bonchev–Trinajstić information content (AvgIpc) is 2.33. The van der Waals surface area contributed by atoms with Crippen LogP contribution in [0.25, 0.3) is 0 Å². The molecule has 2 N–H and O–H groups in total. The Morgan fingerprint density at radius 3 is 2.55 bits per heavy atom. The lowest BCUT2D eigenvalue weighted by Gasteiger charge is -2.24. The summed E-state index contributed by atoms with van der Waals surface area (Å²) in [6.45, 7) is 7.26. The van der Waals surface area contributed by atoms with Gasteiger partial charge in [-0.05, 0) is 55.8 Å². The van der Waals surface area contributed by atoms with Crippen LogP contribution < -0.4 is 10.6 Å². The van der Waals surface area contributed by atoms with E-state index < -0.39 is 11.9 Å². The van der Waals surface area contributed by atoms with Crippen molar-refractivity contribution in [3.63, 3.8) is 0 Å². The number of hydrogen-bond acceptors (Lipinski definition) is 3. The highest BCUT2D eigenvalue weighted by molar-refractivity contribution is 9.10. The first kappa shape index (κ1) is 16.4. The quantitative estimate of drug-likeness (QED) is 0.887. The summed E-state index contributed by atoms with van der Waals surface area (Å²) >= 11 is 3.03. The molecule has 0 aliphatic heterocycles. The molecule has 0 saturated carbocycles. The van der Waals surface area contributed by atoms with E-state index in [-0.39, 0.29) is 27.2 Å². The van der Waals surface area contributed by atoms with Crippen molar-refractivity contribution in [3.8, 4) is 6.07 Å². The number of carbonyl (C=O) groups excluding carboxylic acids is 1. The van der Waals surface area contributed by atoms with Crippen LogP contribution in [0.2, 0.25) is 0 Å². The third-order valence-corrected chi connectivity index (χ3v) is 3.24. The van der Waals surface area contributed by atoms with Crippen LogP contribution in [0.3, 0.4) is 0 Å².